The summed E-state index contributed by atoms with van der Waals surface area (Å²) in [5.74, 6) is 0.397. The van der Waals surface area contributed by atoms with Gasteiger partial charge in [0.25, 0.3) is 5.56 Å². The minimum atomic E-state index is -0.857. The summed E-state index contributed by atoms with van der Waals surface area (Å²) >= 11 is 0. The fourth-order valence-corrected chi connectivity index (χ4v) is 3.20. The highest BCUT2D eigenvalue weighted by Gasteiger charge is 2.15. The van der Waals surface area contributed by atoms with Gasteiger partial charge in [0.05, 0.1) is 23.8 Å². The van der Waals surface area contributed by atoms with Gasteiger partial charge < -0.3 is 14.6 Å². The van der Waals surface area contributed by atoms with Gasteiger partial charge in [-0.3, -0.25) is 15.2 Å². The van der Waals surface area contributed by atoms with Crippen molar-refractivity contribution in [1.82, 2.24) is 20.1 Å². The lowest BCUT2D eigenvalue weighted by Crippen LogP contribution is -2.23. The van der Waals surface area contributed by atoms with Crippen LogP contribution in [0.3, 0.4) is 0 Å². The Bertz CT molecular complexity index is 1100. The van der Waals surface area contributed by atoms with Crippen molar-refractivity contribution < 1.29 is 14.6 Å². The number of aliphatic hydroxyl groups excluding tert-OH is 1. The molecule has 2 aromatic heterocycles. The van der Waals surface area contributed by atoms with Crippen LogP contribution < -0.4 is 10.9 Å². The highest BCUT2D eigenvalue weighted by molar-refractivity contribution is 5.67. The number of aliphatic hydroxyl groups is 1. The van der Waals surface area contributed by atoms with E-state index >= 15 is 0 Å². The lowest BCUT2D eigenvalue weighted by Gasteiger charge is -2.13. The second kappa shape index (κ2) is 10.7. The summed E-state index contributed by atoms with van der Waals surface area (Å²) in [5, 5.41) is 25.3. The van der Waals surface area contributed by atoms with Crippen LogP contribution in [0.1, 0.15) is 29.3 Å². The van der Waals surface area contributed by atoms with E-state index < -0.39 is 6.23 Å². The van der Waals surface area contributed by atoms with Gasteiger partial charge in [0.2, 0.25) is 0 Å². The van der Waals surface area contributed by atoms with Crippen molar-refractivity contribution in [2.45, 2.75) is 19.3 Å². The van der Waals surface area contributed by atoms with Crippen molar-refractivity contribution >= 4 is 0 Å². The smallest absolute Gasteiger partial charge is 0.280 e. The zero-order chi connectivity index (χ0) is 22.2. The van der Waals surface area contributed by atoms with Crippen LogP contribution in [-0.2, 0) is 16.1 Å². The number of methoxy groups -OCH3 is 2. The number of pyridine rings is 1. The van der Waals surface area contributed by atoms with Gasteiger partial charge in [-0.05, 0) is 48.4 Å². The SMILES string of the molecule is COCCCNC(O)c1ccc(-n2[nH]cc(-c3ccc(C#N)cc3COC)c2=O)nc1. The maximum absolute atomic E-state index is 13.0. The summed E-state index contributed by atoms with van der Waals surface area (Å²) in [6.45, 7) is 1.49. The molecule has 1 aromatic carbocycles. The molecule has 0 bridgehead atoms. The van der Waals surface area contributed by atoms with Crippen LogP contribution in [0.15, 0.2) is 47.5 Å². The molecule has 9 heteroatoms. The molecule has 0 aliphatic rings. The van der Waals surface area contributed by atoms with Gasteiger partial charge in [0.15, 0.2) is 5.82 Å². The molecule has 0 saturated heterocycles. The first-order valence-corrected chi connectivity index (χ1v) is 9.78. The van der Waals surface area contributed by atoms with Crippen molar-refractivity contribution in [3.8, 4) is 23.0 Å². The number of nitrogens with zero attached hydrogens (tertiary/aromatic N) is 3. The molecule has 31 heavy (non-hydrogen) atoms. The molecule has 162 valence electrons. The summed E-state index contributed by atoms with van der Waals surface area (Å²) < 4.78 is 11.5. The molecule has 3 N–H and O–H groups in total. The Morgan fingerprint density at radius 3 is 2.77 bits per heavy atom. The second-order valence-electron chi connectivity index (χ2n) is 6.90. The van der Waals surface area contributed by atoms with Gasteiger partial charge in [0, 0.05) is 38.8 Å². The maximum atomic E-state index is 13.0. The van der Waals surface area contributed by atoms with Crippen LogP contribution in [0.25, 0.3) is 16.9 Å². The fraction of sp³-hybridized carbons (Fsp3) is 0.318. The van der Waals surface area contributed by atoms with Crippen LogP contribution in [0, 0.1) is 11.3 Å². The Labute approximate surface area is 179 Å². The molecule has 1 atom stereocenters. The molecule has 0 aliphatic carbocycles. The standard InChI is InChI=1S/C22H25N5O4/c1-30-9-3-8-24-21(28)16-5-7-20(25-12-16)27-22(29)19(13-26-27)18-6-4-15(11-23)10-17(18)14-31-2/h4-7,10,12-13,21,24,26,28H,3,8-9,14H2,1-2H3. The summed E-state index contributed by atoms with van der Waals surface area (Å²) in [5.41, 5.74) is 2.69. The lowest BCUT2D eigenvalue weighted by molar-refractivity contribution is 0.130. The van der Waals surface area contributed by atoms with Crippen LogP contribution >= 0.6 is 0 Å². The quantitative estimate of drug-likeness (QED) is 0.336. The average molecular weight is 423 g/mol. The first kappa shape index (κ1) is 22.4. The monoisotopic (exact) mass is 423 g/mol. The normalized spacial score (nSPS) is 11.9. The van der Waals surface area contributed by atoms with Gasteiger partial charge >= 0.3 is 0 Å². The number of hydrogen-bond acceptors (Lipinski definition) is 7. The predicted octanol–water partition coefficient (Wildman–Crippen LogP) is 1.86. The van der Waals surface area contributed by atoms with Crippen LogP contribution in [-0.4, -0.2) is 47.2 Å². The van der Waals surface area contributed by atoms with E-state index in [1.54, 1.807) is 50.7 Å². The number of hydrogen-bond donors (Lipinski definition) is 3. The van der Waals surface area contributed by atoms with Crippen molar-refractivity contribution in [3.05, 3.63) is 69.8 Å². The minimum absolute atomic E-state index is 0.275. The molecule has 0 saturated carbocycles. The van der Waals surface area contributed by atoms with Gasteiger partial charge in [-0.25, -0.2) is 9.67 Å². The van der Waals surface area contributed by atoms with E-state index in [0.29, 0.717) is 41.2 Å². The number of nitriles is 1. The predicted molar refractivity (Wildman–Crippen MR) is 115 cm³/mol. The van der Waals surface area contributed by atoms with Crippen molar-refractivity contribution in [2.75, 3.05) is 27.4 Å². The van der Waals surface area contributed by atoms with E-state index in [9.17, 15) is 9.90 Å². The third kappa shape index (κ3) is 5.25. The van der Waals surface area contributed by atoms with Crippen LogP contribution in [0.2, 0.25) is 0 Å². The molecule has 0 amide bonds. The summed E-state index contributed by atoms with van der Waals surface area (Å²) in [7, 11) is 3.19. The zero-order valence-corrected chi connectivity index (χ0v) is 17.5. The molecule has 0 fully saturated rings. The molecule has 3 aromatic rings. The molecule has 0 aliphatic heterocycles. The molecule has 9 nitrogen and oxygen atoms in total. The van der Waals surface area contributed by atoms with Gasteiger partial charge in [0.1, 0.15) is 6.23 Å². The Kier molecular flexibility index (Phi) is 7.70. The molecule has 1 unspecified atom stereocenters. The second-order valence-corrected chi connectivity index (χ2v) is 6.90. The molecule has 3 rings (SSSR count). The number of ether oxygens (including phenoxy) is 2. The van der Waals surface area contributed by atoms with E-state index in [4.69, 9.17) is 14.7 Å². The third-order valence-corrected chi connectivity index (χ3v) is 4.77. The van der Waals surface area contributed by atoms with Crippen molar-refractivity contribution in [1.29, 1.82) is 5.26 Å². The van der Waals surface area contributed by atoms with E-state index in [1.165, 1.54) is 10.9 Å². The Morgan fingerprint density at radius 2 is 2.10 bits per heavy atom. The average Bonchev–Trinajstić information content (AvgIpc) is 3.18. The third-order valence-electron chi connectivity index (χ3n) is 4.77. The highest BCUT2D eigenvalue weighted by Crippen LogP contribution is 2.23. The Hall–Kier alpha value is -3.29. The summed E-state index contributed by atoms with van der Waals surface area (Å²) in [6, 6.07) is 10.6. The number of H-pyrrole nitrogens is 1. The van der Waals surface area contributed by atoms with Gasteiger partial charge in [-0.15, -0.1) is 0 Å². The fourth-order valence-electron chi connectivity index (χ4n) is 3.20. The summed E-state index contributed by atoms with van der Waals surface area (Å²) in [6.07, 6.45) is 3.05. The number of nitrogens with one attached hydrogen (secondary N) is 2. The van der Waals surface area contributed by atoms with E-state index in [-0.39, 0.29) is 12.2 Å². The summed E-state index contributed by atoms with van der Waals surface area (Å²) in [4.78, 5) is 17.3. The first-order valence-electron chi connectivity index (χ1n) is 9.78. The van der Waals surface area contributed by atoms with Gasteiger partial charge in [-0.2, -0.15) is 5.26 Å². The molecular weight excluding hydrogens is 398 g/mol. The Morgan fingerprint density at radius 1 is 1.26 bits per heavy atom. The van der Waals surface area contributed by atoms with Crippen molar-refractivity contribution in [3.63, 3.8) is 0 Å². The first-order chi connectivity index (χ1) is 15.1. The minimum Gasteiger partial charge on any atom is -0.385 e. The number of aromatic nitrogens is 3. The highest BCUT2D eigenvalue weighted by atomic mass is 16.5. The van der Waals surface area contributed by atoms with E-state index in [2.05, 4.69) is 21.5 Å². The molecule has 2 heterocycles. The molecule has 0 spiro atoms. The maximum Gasteiger partial charge on any atom is 0.280 e. The van der Waals surface area contributed by atoms with E-state index in [1.807, 2.05) is 0 Å². The topological polar surface area (TPSA) is 125 Å². The van der Waals surface area contributed by atoms with Crippen LogP contribution in [0.4, 0.5) is 0 Å². The number of aromatic amines is 1. The largest absolute Gasteiger partial charge is 0.385 e. The molecule has 0 radical (unpaired) electrons. The lowest BCUT2D eigenvalue weighted by atomic mass is 10.0. The van der Waals surface area contributed by atoms with Crippen LogP contribution in [0.5, 0.6) is 0 Å². The van der Waals surface area contributed by atoms with E-state index in [0.717, 1.165) is 12.0 Å². The molecular formula is C22H25N5O4. The van der Waals surface area contributed by atoms with Gasteiger partial charge in [-0.1, -0.05) is 6.07 Å². The zero-order valence-electron chi connectivity index (χ0n) is 17.5. The van der Waals surface area contributed by atoms with Crippen molar-refractivity contribution in [2.24, 2.45) is 0 Å². The number of rotatable bonds is 10. The Balaban J connectivity index is 1.82. The number of benzene rings is 1.